The first-order chi connectivity index (χ1) is 14.6. The molecule has 1 aliphatic carbocycles. The van der Waals surface area contributed by atoms with E-state index in [4.69, 9.17) is 0 Å². The lowest BCUT2D eigenvalue weighted by Gasteiger charge is -2.24. The Labute approximate surface area is 175 Å². The first-order valence-corrected chi connectivity index (χ1v) is 10.0. The van der Waals surface area contributed by atoms with Crippen LogP contribution in [0.25, 0.3) is 5.69 Å². The van der Waals surface area contributed by atoms with E-state index in [1.165, 1.54) is 11.6 Å². The van der Waals surface area contributed by atoms with Crippen LogP contribution < -0.4 is 10.6 Å². The highest BCUT2D eigenvalue weighted by Gasteiger charge is 2.27. The second-order valence-electron chi connectivity index (χ2n) is 7.45. The largest absolute Gasteiger partial charge is 0.345 e. The van der Waals surface area contributed by atoms with Crippen LogP contribution in [0, 0.1) is 6.92 Å². The minimum absolute atomic E-state index is 0.122. The van der Waals surface area contributed by atoms with E-state index < -0.39 is 0 Å². The lowest BCUT2D eigenvalue weighted by Crippen LogP contribution is -2.31. The normalized spacial score (nSPS) is 15.2. The Kier molecular flexibility index (Phi) is 5.48. The Morgan fingerprint density at radius 3 is 2.70 bits per heavy atom. The fourth-order valence-corrected chi connectivity index (χ4v) is 3.83. The zero-order chi connectivity index (χ0) is 21.1. The zero-order valence-corrected chi connectivity index (χ0v) is 16.9. The van der Waals surface area contributed by atoms with Crippen LogP contribution in [0.4, 0.5) is 5.69 Å². The van der Waals surface area contributed by atoms with Crippen LogP contribution in [0.2, 0.25) is 0 Å². The molecule has 1 heterocycles. The van der Waals surface area contributed by atoms with Gasteiger partial charge < -0.3 is 10.6 Å². The number of carbonyl (C=O) groups excluding carboxylic acids is 2. The van der Waals surface area contributed by atoms with E-state index in [-0.39, 0.29) is 17.9 Å². The van der Waals surface area contributed by atoms with Crippen molar-refractivity contribution in [1.29, 1.82) is 0 Å². The molecule has 0 spiro atoms. The number of amides is 2. The number of fused-ring (bicyclic) bond motifs is 1. The second kappa shape index (κ2) is 8.37. The quantitative estimate of drug-likeness (QED) is 0.633. The first-order valence-electron chi connectivity index (χ1n) is 10.0. The molecule has 30 heavy (non-hydrogen) atoms. The predicted octanol–water partition coefficient (Wildman–Crippen LogP) is 4.11. The highest BCUT2D eigenvalue weighted by molar-refractivity contribution is 6.06. The molecular formula is C24H24N4O2. The summed E-state index contributed by atoms with van der Waals surface area (Å²) in [6.45, 7) is 5.52. The number of carbonyl (C=O) groups is 2. The molecular weight excluding hydrogens is 376 g/mol. The molecule has 1 atom stereocenters. The van der Waals surface area contributed by atoms with Gasteiger partial charge in [-0.25, -0.2) is 4.68 Å². The van der Waals surface area contributed by atoms with Crippen molar-refractivity contribution in [3.05, 3.63) is 89.8 Å². The second-order valence-corrected chi connectivity index (χ2v) is 7.45. The molecule has 2 aromatic carbocycles. The van der Waals surface area contributed by atoms with Crippen molar-refractivity contribution in [3.8, 4) is 5.69 Å². The first kappa shape index (κ1) is 19.6. The summed E-state index contributed by atoms with van der Waals surface area (Å²) in [5, 5.41) is 10.4. The minimum Gasteiger partial charge on any atom is -0.345 e. The average Bonchev–Trinajstić information content (AvgIpc) is 3.20. The molecule has 3 aromatic rings. The summed E-state index contributed by atoms with van der Waals surface area (Å²) in [6, 6.07) is 15.1. The third-order valence-electron chi connectivity index (χ3n) is 5.38. The van der Waals surface area contributed by atoms with Crippen LogP contribution in [0.5, 0.6) is 0 Å². The van der Waals surface area contributed by atoms with Crippen molar-refractivity contribution < 1.29 is 9.59 Å². The summed E-state index contributed by atoms with van der Waals surface area (Å²) in [5.74, 6) is -0.578. The monoisotopic (exact) mass is 400 g/mol. The van der Waals surface area contributed by atoms with Gasteiger partial charge in [0, 0.05) is 11.3 Å². The van der Waals surface area contributed by atoms with Crippen molar-refractivity contribution in [2.45, 2.75) is 32.2 Å². The Bertz CT molecular complexity index is 1100. The molecule has 4 rings (SSSR count). The maximum Gasteiger partial charge on any atom is 0.253 e. The number of anilines is 1. The molecule has 1 aromatic heterocycles. The molecule has 0 saturated carbocycles. The minimum atomic E-state index is -0.352. The van der Waals surface area contributed by atoms with Crippen molar-refractivity contribution in [1.82, 2.24) is 15.1 Å². The molecule has 2 N–H and O–H groups in total. The molecule has 0 saturated heterocycles. The van der Waals surface area contributed by atoms with Gasteiger partial charge in [0.2, 0.25) is 5.91 Å². The number of nitrogens with one attached hydrogen (secondary N) is 2. The number of aryl methyl sites for hydroxylation is 1. The maximum absolute atomic E-state index is 13.0. The summed E-state index contributed by atoms with van der Waals surface area (Å²) in [6.07, 6.45) is 5.76. The molecule has 1 aliphatic rings. The third-order valence-corrected chi connectivity index (χ3v) is 5.38. The van der Waals surface area contributed by atoms with Crippen molar-refractivity contribution in [3.63, 3.8) is 0 Å². The van der Waals surface area contributed by atoms with Gasteiger partial charge in [-0.1, -0.05) is 36.4 Å². The predicted molar refractivity (Wildman–Crippen MR) is 117 cm³/mol. The van der Waals surface area contributed by atoms with Crippen LogP contribution in [0.1, 0.15) is 46.1 Å². The van der Waals surface area contributed by atoms with Gasteiger partial charge >= 0.3 is 0 Å². The van der Waals surface area contributed by atoms with E-state index in [2.05, 4.69) is 53.5 Å². The topological polar surface area (TPSA) is 76.0 Å². The van der Waals surface area contributed by atoms with Crippen LogP contribution in [-0.4, -0.2) is 21.6 Å². The molecule has 0 aliphatic heterocycles. The summed E-state index contributed by atoms with van der Waals surface area (Å²) in [7, 11) is 0. The Morgan fingerprint density at radius 2 is 1.93 bits per heavy atom. The maximum atomic E-state index is 13.0. The Hall–Kier alpha value is -3.67. The van der Waals surface area contributed by atoms with E-state index in [1.807, 2.05) is 10.9 Å². The van der Waals surface area contributed by atoms with Gasteiger partial charge in [-0.05, 0) is 56.5 Å². The van der Waals surface area contributed by atoms with Crippen LogP contribution in [0.15, 0.2) is 67.4 Å². The lowest BCUT2D eigenvalue weighted by molar-refractivity contribution is -0.111. The van der Waals surface area contributed by atoms with E-state index >= 15 is 0 Å². The van der Waals surface area contributed by atoms with Gasteiger partial charge in [0.05, 0.1) is 29.2 Å². The van der Waals surface area contributed by atoms with Gasteiger partial charge in [-0.3, -0.25) is 9.59 Å². The van der Waals surface area contributed by atoms with E-state index in [0.717, 1.165) is 36.2 Å². The fourth-order valence-electron chi connectivity index (χ4n) is 3.83. The van der Waals surface area contributed by atoms with Crippen molar-refractivity contribution in [2.75, 3.05) is 5.32 Å². The van der Waals surface area contributed by atoms with E-state index in [1.54, 1.807) is 24.3 Å². The number of rotatable bonds is 5. The lowest BCUT2D eigenvalue weighted by atomic mass is 9.92. The van der Waals surface area contributed by atoms with Gasteiger partial charge in [-0.15, -0.1) is 0 Å². The van der Waals surface area contributed by atoms with Crippen LogP contribution in [-0.2, 0) is 11.2 Å². The molecule has 1 unspecified atom stereocenters. The van der Waals surface area contributed by atoms with Gasteiger partial charge in [0.25, 0.3) is 5.91 Å². The number of aromatic nitrogens is 2. The highest BCUT2D eigenvalue weighted by Crippen LogP contribution is 2.31. The molecule has 0 radical (unpaired) electrons. The molecule has 6 heteroatoms. The van der Waals surface area contributed by atoms with Crippen LogP contribution in [0.3, 0.4) is 0 Å². The van der Waals surface area contributed by atoms with E-state index in [0.29, 0.717) is 11.3 Å². The van der Waals surface area contributed by atoms with Crippen molar-refractivity contribution >= 4 is 17.5 Å². The van der Waals surface area contributed by atoms with Crippen LogP contribution >= 0.6 is 0 Å². The summed E-state index contributed by atoms with van der Waals surface area (Å²) in [4.78, 5) is 24.7. The van der Waals surface area contributed by atoms with Crippen molar-refractivity contribution in [2.24, 2.45) is 0 Å². The average molecular weight is 400 g/mol. The molecule has 152 valence electrons. The number of para-hydroxylation sites is 1. The third kappa shape index (κ3) is 3.89. The summed E-state index contributed by atoms with van der Waals surface area (Å²) in [5.41, 5.74) is 5.28. The molecule has 6 nitrogen and oxygen atoms in total. The number of hydrogen-bond acceptors (Lipinski definition) is 3. The molecule has 2 amide bonds. The summed E-state index contributed by atoms with van der Waals surface area (Å²) >= 11 is 0. The zero-order valence-electron chi connectivity index (χ0n) is 16.9. The van der Waals surface area contributed by atoms with Gasteiger partial charge in [0.1, 0.15) is 0 Å². The van der Waals surface area contributed by atoms with Gasteiger partial charge in [-0.2, -0.15) is 5.10 Å². The molecule has 0 fully saturated rings. The standard InChI is InChI=1S/C24H24N4O2/c1-3-23(29)26-20-8-5-4-7-18(20)24(30)27-21-9-6-10-22-19(21)15-25-28(22)17-13-11-16(2)12-14-17/h3-5,7-8,11-15,21H,1,6,9-10H2,2H3,(H,26,29)(H,27,30). The van der Waals surface area contributed by atoms with Gasteiger partial charge in [0.15, 0.2) is 0 Å². The fraction of sp³-hybridized carbons (Fsp3) is 0.208. The number of benzene rings is 2. The highest BCUT2D eigenvalue weighted by atomic mass is 16.2. The molecule has 0 bridgehead atoms. The number of hydrogen-bond donors (Lipinski definition) is 2. The Morgan fingerprint density at radius 1 is 1.17 bits per heavy atom. The smallest absolute Gasteiger partial charge is 0.253 e. The number of nitrogens with zero attached hydrogens (tertiary/aromatic N) is 2. The van der Waals surface area contributed by atoms with E-state index in [9.17, 15) is 9.59 Å². The SMILES string of the molecule is C=CC(=O)Nc1ccccc1C(=O)NC1CCCc2c1cnn2-c1ccc(C)cc1. The summed E-state index contributed by atoms with van der Waals surface area (Å²) < 4.78 is 1.96. The Balaban J connectivity index is 1.58.